The lowest BCUT2D eigenvalue weighted by molar-refractivity contribution is -0.139. The lowest BCUT2D eigenvalue weighted by Crippen LogP contribution is -2.47. The molecule has 2 rings (SSSR count). The highest BCUT2D eigenvalue weighted by Crippen LogP contribution is 2.38. The second-order valence-electron chi connectivity index (χ2n) is 7.32. The third kappa shape index (κ3) is 8.73. The maximum Gasteiger partial charge on any atom is 0.405 e. The molecule has 0 spiro atoms. The molecule has 190 valence electrons. The number of amides is 2. The summed E-state index contributed by atoms with van der Waals surface area (Å²) in [5.74, 6) is -3.78. The van der Waals surface area contributed by atoms with Gasteiger partial charge in [-0.2, -0.15) is 26.3 Å². The molecule has 4 nitrogen and oxygen atoms in total. The van der Waals surface area contributed by atoms with Crippen molar-refractivity contribution < 1.29 is 35.9 Å². The zero-order chi connectivity index (χ0) is 26.6. The topological polar surface area (TPSA) is 58.2 Å². The summed E-state index contributed by atoms with van der Waals surface area (Å²) in [7, 11) is 0. The number of allylic oxidation sites excluding steroid dienone is 1. The van der Waals surface area contributed by atoms with Crippen LogP contribution in [0.2, 0.25) is 10.0 Å². The van der Waals surface area contributed by atoms with Crippen LogP contribution in [-0.2, 0) is 4.79 Å². The molecule has 0 saturated heterocycles. The first-order chi connectivity index (χ1) is 16.1. The van der Waals surface area contributed by atoms with Crippen molar-refractivity contribution in [3.05, 3.63) is 73.7 Å². The van der Waals surface area contributed by atoms with Crippen LogP contribution in [0, 0.1) is 0 Å². The van der Waals surface area contributed by atoms with Crippen molar-refractivity contribution in [2.75, 3.05) is 6.54 Å². The van der Waals surface area contributed by atoms with E-state index in [1.165, 1.54) is 43.3 Å². The monoisotopic (exact) mass is 604 g/mol. The summed E-state index contributed by atoms with van der Waals surface area (Å²) in [6.45, 7) is -0.340. The minimum atomic E-state index is -4.62. The average Bonchev–Trinajstić information content (AvgIpc) is 2.73. The summed E-state index contributed by atoms with van der Waals surface area (Å²) in [5.41, 5.74) is 0.226. The van der Waals surface area contributed by atoms with E-state index in [0.29, 0.717) is 5.56 Å². The third-order valence-electron chi connectivity index (χ3n) is 4.58. The smallest absolute Gasteiger partial charge is 0.345 e. The molecule has 0 heterocycles. The van der Waals surface area contributed by atoms with Gasteiger partial charge in [-0.1, -0.05) is 47.5 Å². The first kappa shape index (κ1) is 29.0. The van der Waals surface area contributed by atoms with Crippen LogP contribution in [0.4, 0.5) is 26.3 Å². The number of halogens is 9. The van der Waals surface area contributed by atoms with Gasteiger partial charge in [-0.25, -0.2) is 0 Å². The molecular weight excluding hydrogens is 589 g/mol. The van der Waals surface area contributed by atoms with E-state index in [4.69, 9.17) is 23.2 Å². The SMILES string of the molecule is CC(NC(=O)c1ccc(C=CC(c2ccc(Cl)c(Cl)c2)C(F)(F)F)cc1Br)C(=O)NCC(F)(F)F. The third-order valence-corrected chi connectivity index (χ3v) is 5.97. The van der Waals surface area contributed by atoms with Crippen LogP contribution in [0.1, 0.15) is 34.3 Å². The molecule has 35 heavy (non-hydrogen) atoms. The lowest BCUT2D eigenvalue weighted by Gasteiger charge is -2.18. The Kier molecular flexibility index (Phi) is 9.66. The van der Waals surface area contributed by atoms with Crippen LogP contribution in [0.25, 0.3) is 6.08 Å². The van der Waals surface area contributed by atoms with Gasteiger partial charge in [-0.15, -0.1) is 0 Å². The largest absolute Gasteiger partial charge is 0.405 e. The Labute approximate surface area is 214 Å². The fourth-order valence-corrected chi connectivity index (χ4v) is 3.71. The van der Waals surface area contributed by atoms with Crippen molar-refractivity contribution in [2.24, 2.45) is 0 Å². The number of nitrogens with one attached hydrogen (secondary N) is 2. The van der Waals surface area contributed by atoms with Crippen molar-refractivity contribution in [2.45, 2.75) is 31.2 Å². The van der Waals surface area contributed by atoms with Gasteiger partial charge in [0.15, 0.2) is 0 Å². The van der Waals surface area contributed by atoms with Crippen molar-refractivity contribution in [3.63, 3.8) is 0 Å². The van der Waals surface area contributed by atoms with Gasteiger partial charge in [-0.3, -0.25) is 9.59 Å². The van der Waals surface area contributed by atoms with Gasteiger partial charge in [0.2, 0.25) is 5.91 Å². The first-order valence-electron chi connectivity index (χ1n) is 9.73. The summed E-state index contributed by atoms with van der Waals surface area (Å²) >= 11 is 14.8. The molecule has 0 aromatic heterocycles. The van der Waals surface area contributed by atoms with Gasteiger partial charge in [0.25, 0.3) is 5.91 Å². The number of carbonyl (C=O) groups is 2. The van der Waals surface area contributed by atoms with Gasteiger partial charge in [0.05, 0.1) is 21.5 Å². The van der Waals surface area contributed by atoms with Crippen molar-refractivity contribution in [1.82, 2.24) is 10.6 Å². The van der Waals surface area contributed by atoms with E-state index in [-0.39, 0.29) is 25.6 Å². The summed E-state index contributed by atoms with van der Waals surface area (Å²) in [4.78, 5) is 24.1. The summed E-state index contributed by atoms with van der Waals surface area (Å²) in [6.07, 6.45) is -7.08. The van der Waals surface area contributed by atoms with Crippen molar-refractivity contribution >= 4 is 57.0 Å². The maximum absolute atomic E-state index is 13.6. The molecule has 2 N–H and O–H groups in total. The molecule has 0 radical (unpaired) electrons. The molecule has 0 aliphatic heterocycles. The molecule has 0 fully saturated rings. The maximum atomic E-state index is 13.6. The molecule has 2 amide bonds. The molecule has 0 bridgehead atoms. The van der Waals surface area contributed by atoms with E-state index in [1.54, 1.807) is 5.32 Å². The van der Waals surface area contributed by atoms with Crippen LogP contribution in [0.5, 0.6) is 0 Å². The van der Waals surface area contributed by atoms with Crippen LogP contribution in [0.3, 0.4) is 0 Å². The van der Waals surface area contributed by atoms with Crippen molar-refractivity contribution in [3.8, 4) is 0 Å². The molecule has 2 atom stereocenters. The highest BCUT2D eigenvalue weighted by atomic mass is 79.9. The number of hydrogen-bond donors (Lipinski definition) is 2. The molecular formula is C22H17BrCl2F6N2O2. The lowest BCUT2D eigenvalue weighted by atomic mass is 9.97. The Bertz CT molecular complexity index is 1120. The highest BCUT2D eigenvalue weighted by molar-refractivity contribution is 9.10. The second-order valence-corrected chi connectivity index (χ2v) is 8.99. The predicted molar refractivity (Wildman–Crippen MR) is 124 cm³/mol. The fraction of sp³-hybridized carbons (Fsp3) is 0.273. The Balaban J connectivity index is 2.16. The van der Waals surface area contributed by atoms with E-state index in [0.717, 1.165) is 12.1 Å². The Morgan fingerprint density at radius 2 is 1.69 bits per heavy atom. The molecule has 0 aliphatic rings. The quantitative estimate of drug-likeness (QED) is 0.337. The molecule has 0 aliphatic carbocycles. The summed E-state index contributed by atoms with van der Waals surface area (Å²) in [6, 6.07) is 6.37. The fourth-order valence-electron chi connectivity index (χ4n) is 2.82. The number of hydrogen-bond acceptors (Lipinski definition) is 2. The zero-order valence-electron chi connectivity index (χ0n) is 17.7. The number of alkyl halides is 6. The van der Waals surface area contributed by atoms with E-state index < -0.39 is 42.7 Å². The van der Waals surface area contributed by atoms with Crippen LogP contribution < -0.4 is 10.6 Å². The minimum absolute atomic E-state index is 0.0220. The zero-order valence-corrected chi connectivity index (χ0v) is 20.8. The predicted octanol–water partition coefficient (Wildman–Crippen LogP) is 6.91. The van der Waals surface area contributed by atoms with E-state index >= 15 is 0 Å². The summed E-state index contributed by atoms with van der Waals surface area (Å²) in [5, 5.41) is 4.00. The summed E-state index contributed by atoms with van der Waals surface area (Å²) < 4.78 is 77.7. The Morgan fingerprint density at radius 1 is 1.03 bits per heavy atom. The number of rotatable bonds is 7. The van der Waals surface area contributed by atoms with Crippen LogP contribution >= 0.6 is 39.1 Å². The van der Waals surface area contributed by atoms with E-state index in [2.05, 4.69) is 21.2 Å². The normalized spacial score (nSPS) is 14.0. The van der Waals surface area contributed by atoms with Gasteiger partial charge in [0, 0.05) is 4.47 Å². The Hall–Kier alpha value is -2.24. The number of benzene rings is 2. The molecule has 0 saturated carbocycles. The van der Waals surface area contributed by atoms with E-state index in [9.17, 15) is 35.9 Å². The van der Waals surface area contributed by atoms with Gasteiger partial charge in [-0.05, 0) is 58.2 Å². The minimum Gasteiger partial charge on any atom is -0.345 e. The Morgan fingerprint density at radius 3 is 2.23 bits per heavy atom. The first-order valence-corrected chi connectivity index (χ1v) is 11.3. The molecule has 2 unspecified atom stereocenters. The molecule has 2 aromatic carbocycles. The van der Waals surface area contributed by atoms with Gasteiger partial charge >= 0.3 is 12.4 Å². The number of carbonyl (C=O) groups excluding carboxylic acids is 2. The van der Waals surface area contributed by atoms with Crippen LogP contribution in [0.15, 0.2) is 46.9 Å². The average molecular weight is 606 g/mol. The van der Waals surface area contributed by atoms with E-state index in [1.807, 2.05) is 0 Å². The second kappa shape index (κ2) is 11.7. The van der Waals surface area contributed by atoms with Crippen molar-refractivity contribution in [1.29, 1.82) is 0 Å². The molecule has 2 aromatic rings. The standard InChI is InChI=1S/C22H17BrCl2F6N2O2/c1-11(19(34)32-10-21(26,27)28)33-20(35)14-5-2-12(8-16(14)23)3-6-15(22(29,30)31)13-4-7-17(24)18(25)9-13/h2-9,11,15H,10H2,1H3,(H,32,34)(H,33,35). The molecule has 13 heteroatoms. The van der Waals surface area contributed by atoms with Gasteiger partial charge < -0.3 is 10.6 Å². The van der Waals surface area contributed by atoms with Crippen LogP contribution in [-0.4, -0.2) is 36.8 Å². The highest BCUT2D eigenvalue weighted by Gasteiger charge is 2.39. The van der Waals surface area contributed by atoms with Gasteiger partial charge in [0.1, 0.15) is 12.6 Å².